The summed E-state index contributed by atoms with van der Waals surface area (Å²) in [5.74, 6) is -0.848. The van der Waals surface area contributed by atoms with E-state index in [0.717, 1.165) is 4.90 Å². The van der Waals surface area contributed by atoms with Crippen LogP contribution in [0, 0.1) is 0 Å². The second-order valence-electron chi connectivity index (χ2n) is 5.81. The zero-order chi connectivity index (χ0) is 18.1. The zero-order valence-electron chi connectivity index (χ0n) is 13.9. The highest BCUT2D eigenvalue weighted by Gasteiger charge is 2.38. The van der Waals surface area contributed by atoms with E-state index in [1.165, 1.54) is 23.9 Å². The number of hydrogen-bond donors (Lipinski definition) is 1. The molecular formula is C16H18N4O5. The Morgan fingerprint density at radius 1 is 1.28 bits per heavy atom. The summed E-state index contributed by atoms with van der Waals surface area (Å²) in [7, 11) is 2.98. The molecule has 2 aliphatic rings. The first kappa shape index (κ1) is 16.7. The van der Waals surface area contributed by atoms with Crippen LogP contribution in [-0.4, -0.2) is 73.4 Å². The third-order valence-electron chi connectivity index (χ3n) is 4.14. The number of imide groups is 1. The van der Waals surface area contributed by atoms with Crippen LogP contribution < -0.4 is 15.0 Å². The summed E-state index contributed by atoms with van der Waals surface area (Å²) in [5, 5.41) is 2.49. The van der Waals surface area contributed by atoms with Crippen LogP contribution in [0.5, 0.6) is 5.75 Å². The number of carbonyl (C=O) groups is 4. The van der Waals surface area contributed by atoms with Gasteiger partial charge >= 0.3 is 6.03 Å². The lowest BCUT2D eigenvalue weighted by Crippen LogP contribution is -2.52. The Morgan fingerprint density at radius 3 is 2.64 bits per heavy atom. The quantitative estimate of drug-likeness (QED) is 0.739. The predicted molar refractivity (Wildman–Crippen MR) is 87.0 cm³/mol. The molecule has 5 amide bonds. The van der Waals surface area contributed by atoms with Crippen molar-refractivity contribution in [3.8, 4) is 5.75 Å². The van der Waals surface area contributed by atoms with Gasteiger partial charge in [0, 0.05) is 14.1 Å². The monoisotopic (exact) mass is 346 g/mol. The lowest BCUT2D eigenvalue weighted by atomic mass is 10.1. The topological polar surface area (TPSA) is 99.3 Å². The molecule has 0 aliphatic carbocycles. The Hall–Kier alpha value is -3.10. The molecule has 9 heteroatoms. The van der Waals surface area contributed by atoms with Crippen LogP contribution in [0.15, 0.2) is 24.3 Å². The van der Waals surface area contributed by atoms with Gasteiger partial charge in [0.2, 0.25) is 5.91 Å². The van der Waals surface area contributed by atoms with Crippen LogP contribution in [0.3, 0.4) is 0 Å². The zero-order valence-corrected chi connectivity index (χ0v) is 13.9. The van der Waals surface area contributed by atoms with Gasteiger partial charge in [-0.3, -0.25) is 19.3 Å². The van der Waals surface area contributed by atoms with Crippen molar-refractivity contribution >= 4 is 29.4 Å². The van der Waals surface area contributed by atoms with Gasteiger partial charge in [-0.2, -0.15) is 0 Å². The molecule has 0 saturated carbocycles. The first-order valence-corrected chi connectivity index (χ1v) is 7.75. The maximum absolute atomic E-state index is 12.7. The molecule has 0 bridgehead atoms. The number of hydrogen-bond acceptors (Lipinski definition) is 5. The molecule has 25 heavy (non-hydrogen) atoms. The van der Waals surface area contributed by atoms with E-state index in [1.807, 2.05) is 0 Å². The number of anilines is 1. The van der Waals surface area contributed by atoms with Gasteiger partial charge in [-0.25, -0.2) is 4.79 Å². The SMILES string of the molecule is CNC(=O)[C@@H]1CN(C(=O)CN2C(=O)CN(C)C2=O)c2ccccc2O1. The lowest BCUT2D eigenvalue weighted by molar-refractivity contribution is -0.131. The maximum atomic E-state index is 12.7. The number of benzene rings is 1. The number of ether oxygens (including phenoxy) is 1. The van der Waals surface area contributed by atoms with E-state index in [0.29, 0.717) is 11.4 Å². The largest absolute Gasteiger partial charge is 0.477 e. The summed E-state index contributed by atoms with van der Waals surface area (Å²) in [4.78, 5) is 52.1. The Kier molecular flexibility index (Phi) is 4.30. The number of nitrogens with one attached hydrogen (secondary N) is 1. The number of nitrogens with zero attached hydrogens (tertiary/aromatic N) is 3. The average Bonchev–Trinajstić information content (AvgIpc) is 2.86. The molecule has 2 aliphatic heterocycles. The number of likely N-dealkylation sites (N-methyl/N-ethyl adjacent to an activating group) is 2. The second-order valence-corrected chi connectivity index (χ2v) is 5.81. The van der Waals surface area contributed by atoms with Crippen molar-refractivity contribution < 1.29 is 23.9 Å². The number of urea groups is 1. The summed E-state index contributed by atoms with van der Waals surface area (Å²) < 4.78 is 5.63. The van der Waals surface area contributed by atoms with Gasteiger partial charge in [0.25, 0.3) is 11.8 Å². The Morgan fingerprint density at radius 2 is 2.00 bits per heavy atom. The molecule has 3 rings (SSSR count). The van der Waals surface area contributed by atoms with E-state index in [9.17, 15) is 19.2 Å². The molecule has 1 N–H and O–H groups in total. The fourth-order valence-corrected chi connectivity index (χ4v) is 2.81. The highest BCUT2D eigenvalue weighted by molar-refractivity contribution is 6.07. The molecule has 1 fully saturated rings. The van der Waals surface area contributed by atoms with Gasteiger partial charge in [0.05, 0.1) is 12.2 Å². The smallest absolute Gasteiger partial charge is 0.327 e. The fraction of sp³-hybridized carbons (Fsp3) is 0.375. The van der Waals surface area contributed by atoms with Gasteiger partial charge in [0.15, 0.2) is 6.10 Å². The molecule has 0 radical (unpaired) electrons. The molecule has 1 aromatic rings. The molecule has 1 saturated heterocycles. The third-order valence-corrected chi connectivity index (χ3v) is 4.14. The summed E-state index contributed by atoms with van der Waals surface area (Å²) in [5.41, 5.74) is 0.500. The molecule has 1 aromatic carbocycles. The van der Waals surface area contributed by atoms with E-state index >= 15 is 0 Å². The first-order valence-electron chi connectivity index (χ1n) is 7.75. The minimum absolute atomic E-state index is 0.00157. The van der Waals surface area contributed by atoms with Crippen LogP contribution in [0.2, 0.25) is 0 Å². The summed E-state index contributed by atoms with van der Waals surface area (Å²) in [6.45, 7) is -0.426. The van der Waals surface area contributed by atoms with E-state index in [-0.39, 0.29) is 25.5 Å². The van der Waals surface area contributed by atoms with Crippen LogP contribution >= 0.6 is 0 Å². The number of rotatable bonds is 3. The third kappa shape index (κ3) is 3.00. The summed E-state index contributed by atoms with van der Waals surface area (Å²) in [6.07, 6.45) is -0.864. The van der Waals surface area contributed by atoms with Crippen LogP contribution in [0.1, 0.15) is 0 Å². The van der Waals surface area contributed by atoms with Crippen molar-refractivity contribution in [2.24, 2.45) is 0 Å². The molecule has 132 valence electrons. The average molecular weight is 346 g/mol. The Balaban J connectivity index is 1.84. The maximum Gasteiger partial charge on any atom is 0.327 e. The van der Waals surface area contributed by atoms with Crippen molar-refractivity contribution in [3.63, 3.8) is 0 Å². The number of amides is 5. The number of carbonyl (C=O) groups excluding carboxylic acids is 4. The molecular weight excluding hydrogens is 328 g/mol. The van der Waals surface area contributed by atoms with Gasteiger partial charge in [0.1, 0.15) is 18.8 Å². The van der Waals surface area contributed by atoms with Crippen LogP contribution in [0.4, 0.5) is 10.5 Å². The van der Waals surface area contributed by atoms with E-state index in [1.54, 1.807) is 24.3 Å². The Bertz CT molecular complexity index is 750. The molecule has 0 unspecified atom stereocenters. The van der Waals surface area contributed by atoms with Gasteiger partial charge < -0.3 is 19.9 Å². The van der Waals surface area contributed by atoms with Crippen molar-refractivity contribution in [3.05, 3.63) is 24.3 Å². The van der Waals surface area contributed by atoms with Crippen molar-refractivity contribution in [2.45, 2.75) is 6.10 Å². The van der Waals surface area contributed by atoms with E-state index in [4.69, 9.17) is 4.74 Å². The van der Waals surface area contributed by atoms with E-state index < -0.39 is 23.9 Å². The van der Waals surface area contributed by atoms with E-state index in [2.05, 4.69) is 5.32 Å². The lowest BCUT2D eigenvalue weighted by Gasteiger charge is -2.34. The first-order chi connectivity index (χ1) is 11.9. The number of para-hydroxylation sites is 2. The highest BCUT2D eigenvalue weighted by Crippen LogP contribution is 2.33. The second kappa shape index (κ2) is 6.42. The van der Waals surface area contributed by atoms with Crippen LogP contribution in [0.25, 0.3) is 0 Å². The molecule has 9 nitrogen and oxygen atoms in total. The molecule has 0 spiro atoms. The molecule has 1 atom stereocenters. The minimum atomic E-state index is -0.864. The van der Waals surface area contributed by atoms with Crippen molar-refractivity contribution in [1.82, 2.24) is 15.1 Å². The number of fused-ring (bicyclic) bond motifs is 1. The minimum Gasteiger partial charge on any atom is -0.477 e. The summed E-state index contributed by atoms with van der Waals surface area (Å²) >= 11 is 0. The predicted octanol–water partition coefficient (Wildman–Crippen LogP) is -0.579. The fourth-order valence-electron chi connectivity index (χ4n) is 2.81. The van der Waals surface area contributed by atoms with Gasteiger partial charge in [-0.1, -0.05) is 12.1 Å². The van der Waals surface area contributed by atoms with Gasteiger partial charge in [-0.05, 0) is 12.1 Å². The standard InChI is InChI=1S/C16H18N4O5/c1-17-15(23)12-7-19(10-5-3-4-6-11(10)25-12)14(22)9-20-13(21)8-18(2)16(20)24/h3-6,12H,7-9H2,1-2H3,(H,17,23)/t12-/m0/s1. The Labute approximate surface area is 144 Å². The normalized spacial score (nSPS) is 19.6. The highest BCUT2D eigenvalue weighted by atomic mass is 16.5. The van der Waals surface area contributed by atoms with Crippen molar-refractivity contribution in [1.29, 1.82) is 0 Å². The molecule has 2 heterocycles. The van der Waals surface area contributed by atoms with Gasteiger partial charge in [-0.15, -0.1) is 0 Å². The summed E-state index contributed by atoms with van der Waals surface area (Å²) in [6, 6.07) is 6.30. The van der Waals surface area contributed by atoms with Crippen LogP contribution in [-0.2, 0) is 14.4 Å². The molecule has 0 aromatic heterocycles. The van der Waals surface area contributed by atoms with Crippen molar-refractivity contribution in [2.75, 3.05) is 38.6 Å².